The zero-order chi connectivity index (χ0) is 18.1. The topological polar surface area (TPSA) is 83.4 Å². The number of nitrogens with one attached hydrogen (secondary N) is 3. The lowest BCUT2D eigenvalue weighted by molar-refractivity contribution is -0.119. The summed E-state index contributed by atoms with van der Waals surface area (Å²) in [6, 6.07) is 10.4. The van der Waals surface area contributed by atoms with Crippen LogP contribution in [0.15, 0.2) is 47.1 Å². The van der Waals surface area contributed by atoms with Gasteiger partial charge in [0, 0.05) is 17.7 Å². The Kier molecular flexibility index (Phi) is 7.16. The van der Waals surface area contributed by atoms with Gasteiger partial charge in [-0.25, -0.2) is 0 Å². The van der Waals surface area contributed by atoms with Crippen molar-refractivity contribution < 1.29 is 14.0 Å². The number of hydrogen-bond donors (Lipinski definition) is 3. The van der Waals surface area contributed by atoms with Gasteiger partial charge in [0.2, 0.25) is 5.91 Å². The van der Waals surface area contributed by atoms with Gasteiger partial charge in [0.25, 0.3) is 5.91 Å². The Hall–Kier alpha value is -2.67. The molecule has 0 aliphatic rings. The third kappa shape index (κ3) is 6.39. The van der Waals surface area contributed by atoms with Gasteiger partial charge in [-0.05, 0) is 49.0 Å². The van der Waals surface area contributed by atoms with E-state index in [1.54, 1.807) is 42.7 Å². The second kappa shape index (κ2) is 9.58. The fourth-order valence-electron chi connectivity index (χ4n) is 2.11. The molecule has 6 nitrogen and oxygen atoms in total. The highest BCUT2D eigenvalue weighted by Crippen LogP contribution is 2.11. The summed E-state index contributed by atoms with van der Waals surface area (Å²) in [6.45, 7) is 2.33. The van der Waals surface area contributed by atoms with Crippen LogP contribution in [-0.2, 0) is 11.3 Å². The molecule has 0 bridgehead atoms. The minimum absolute atomic E-state index is 0.119. The second-order valence-corrected chi connectivity index (χ2v) is 5.86. The molecular formula is C18H21N3O3S. The number of carbonyl (C=O) groups excluding carboxylic acids is 2. The highest BCUT2D eigenvalue weighted by molar-refractivity contribution is 7.80. The molecule has 25 heavy (non-hydrogen) atoms. The van der Waals surface area contributed by atoms with Crippen LogP contribution in [0.25, 0.3) is 0 Å². The molecule has 2 aromatic rings. The van der Waals surface area contributed by atoms with E-state index < -0.39 is 0 Å². The van der Waals surface area contributed by atoms with Crippen molar-refractivity contribution in [1.82, 2.24) is 10.6 Å². The van der Waals surface area contributed by atoms with Gasteiger partial charge in [0.15, 0.2) is 5.11 Å². The average molecular weight is 359 g/mol. The minimum Gasteiger partial charge on any atom is -0.467 e. The Morgan fingerprint density at radius 3 is 2.76 bits per heavy atom. The molecule has 0 spiro atoms. The van der Waals surface area contributed by atoms with Crippen molar-refractivity contribution in [2.24, 2.45) is 0 Å². The number of hydrogen-bond acceptors (Lipinski definition) is 4. The molecule has 1 heterocycles. The maximum atomic E-state index is 12.2. The first kappa shape index (κ1) is 18.7. The lowest BCUT2D eigenvalue weighted by atomic mass is 10.2. The molecular weight excluding hydrogens is 338 g/mol. The van der Waals surface area contributed by atoms with E-state index in [-0.39, 0.29) is 16.9 Å². The van der Waals surface area contributed by atoms with Crippen LogP contribution in [0.2, 0.25) is 0 Å². The van der Waals surface area contributed by atoms with Crippen molar-refractivity contribution in [2.75, 3.05) is 5.32 Å². The standard InChI is InChI=1S/C18H21N3O3S/c1-2-3-9-16(22)21-18(25)20-14-7-4-6-13(11-14)17(23)19-12-15-8-5-10-24-15/h4-8,10-11H,2-3,9,12H2,1H3,(H,19,23)(H2,20,21,22,25). The molecule has 2 amide bonds. The van der Waals surface area contributed by atoms with Crippen LogP contribution < -0.4 is 16.0 Å². The van der Waals surface area contributed by atoms with Gasteiger partial charge >= 0.3 is 0 Å². The van der Waals surface area contributed by atoms with Gasteiger partial charge in [-0.3, -0.25) is 9.59 Å². The fraction of sp³-hybridized carbons (Fsp3) is 0.278. The predicted molar refractivity (Wildman–Crippen MR) is 100 cm³/mol. The highest BCUT2D eigenvalue weighted by atomic mass is 32.1. The summed E-state index contributed by atoms with van der Waals surface area (Å²) >= 11 is 5.12. The van der Waals surface area contributed by atoms with Crippen molar-refractivity contribution in [3.8, 4) is 0 Å². The van der Waals surface area contributed by atoms with E-state index in [4.69, 9.17) is 16.6 Å². The first-order valence-corrected chi connectivity index (χ1v) is 8.50. The zero-order valence-electron chi connectivity index (χ0n) is 14.0. The SMILES string of the molecule is CCCCC(=O)NC(=S)Nc1cccc(C(=O)NCc2ccco2)c1. The Bertz CT molecular complexity index is 729. The highest BCUT2D eigenvalue weighted by Gasteiger charge is 2.09. The molecule has 1 aromatic heterocycles. The Labute approximate surface area is 152 Å². The van der Waals surface area contributed by atoms with E-state index in [9.17, 15) is 9.59 Å². The van der Waals surface area contributed by atoms with E-state index in [0.29, 0.717) is 30.0 Å². The lowest BCUT2D eigenvalue weighted by Crippen LogP contribution is -2.34. The summed E-state index contributed by atoms with van der Waals surface area (Å²) in [4.78, 5) is 23.9. The molecule has 2 rings (SSSR count). The molecule has 7 heteroatoms. The third-order valence-electron chi connectivity index (χ3n) is 3.40. The summed E-state index contributed by atoms with van der Waals surface area (Å²) < 4.78 is 5.18. The summed E-state index contributed by atoms with van der Waals surface area (Å²) in [6.07, 6.45) is 3.76. The van der Waals surface area contributed by atoms with E-state index in [0.717, 1.165) is 12.8 Å². The van der Waals surface area contributed by atoms with Crippen molar-refractivity contribution in [3.05, 3.63) is 54.0 Å². The van der Waals surface area contributed by atoms with E-state index >= 15 is 0 Å². The monoisotopic (exact) mass is 359 g/mol. The Balaban J connectivity index is 1.88. The van der Waals surface area contributed by atoms with Crippen LogP contribution in [-0.4, -0.2) is 16.9 Å². The van der Waals surface area contributed by atoms with Crippen LogP contribution in [0.3, 0.4) is 0 Å². The summed E-state index contributed by atoms with van der Waals surface area (Å²) in [5.41, 5.74) is 1.11. The third-order valence-corrected chi connectivity index (χ3v) is 3.60. The molecule has 0 unspecified atom stereocenters. The second-order valence-electron chi connectivity index (χ2n) is 5.45. The smallest absolute Gasteiger partial charge is 0.251 e. The van der Waals surface area contributed by atoms with E-state index in [2.05, 4.69) is 16.0 Å². The number of rotatable bonds is 7. The maximum Gasteiger partial charge on any atom is 0.251 e. The van der Waals surface area contributed by atoms with E-state index in [1.807, 2.05) is 6.92 Å². The summed E-state index contributed by atoms with van der Waals surface area (Å²) in [7, 11) is 0. The summed E-state index contributed by atoms with van der Waals surface area (Å²) in [5.74, 6) is 0.336. The van der Waals surface area contributed by atoms with Crippen molar-refractivity contribution in [2.45, 2.75) is 32.7 Å². The number of benzene rings is 1. The Morgan fingerprint density at radius 1 is 1.20 bits per heavy atom. The zero-order valence-corrected chi connectivity index (χ0v) is 14.8. The first-order chi connectivity index (χ1) is 12.1. The molecule has 132 valence electrons. The van der Waals surface area contributed by atoms with Gasteiger partial charge in [-0.1, -0.05) is 19.4 Å². The number of furan rings is 1. The molecule has 0 radical (unpaired) electrons. The molecule has 0 aliphatic heterocycles. The molecule has 3 N–H and O–H groups in total. The molecule has 1 aromatic carbocycles. The van der Waals surface area contributed by atoms with Crippen LogP contribution >= 0.6 is 12.2 Å². The lowest BCUT2D eigenvalue weighted by Gasteiger charge is -2.10. The molecule has 0 aliphatic carbocycles. The first-order valence-electron chi connectivity index (χ1n) is 8.10. The van der Waals surface area contributed by atoms with Crippen molar-refractivity contribution in [3.63, 3.8) is 0 Å². The fourth-order valence-corrected chi connectivity index (χ4v) is 2.34. The number of thiocarbonyl (C=S) groups is 1. The van der Waals surface area contributed by atoms with Crippen molar-refractivity contribution >= 4 is 34.8 Å². The van der Waals surface area contributed by atoms with Crippen molar-refractivity contribution in [1.29, 1.82) is 0 Å². The van der Waals surface area contributed by atoms with Crippen LogP contribution in [0.4, 0.5) is 5.69 Å². The normalized spacial score (nSPS) is 10.1. The van der Waals surface area contributed by atoms with Gasteiger partial charge < -0.3 is 20.4 Å². The number of carbonyl (C=O) groups is 2. The number of unbranched alkanes of at least 4 members (excludes halogenated alkanes) is 1. The van der Waals surface area contributed by atoms with E-state index in [1.165, 1.54) is 0 Å². The summed E-state index contributed by atoms with van der Waals surface area (Å²) in [5, 5.41) is 8.53. The van der Waals surface area contributed by atoms with Gasteiger partial charge in [-0.2, -0.15) is 0 Å². The molecule has 0 saturated carbocycles. The van der Waals surface area contributed by atoms with Crippen LogP contribution in [0, 0.1) is 0 Å². The van der Waals surface area contributed by atoms with Crippen LogP contribution in [0.5, 0.6) is 0 Å². The average Bonchev–Trinajstić information content (AvgIpc) is 3.11. The largest absolute Gasteiger partial charge is 0.467 e. The molecule has 0 fully saturated rings. The number of anilines is 1. The minimum atomic E-state index is -0.224. The number of amides is 2. The predicted octanol–water partition coefficient (Wildman–Crippen LogP) is 3.21. The molecule has 0 atom stereocenters. The van der Waals surface area contributed by atoms with Gasteiger partial charge in [-0.15, -0.1) is 0 Å². The van der Waals surface area contributed by atoms with Gasteiger partial charge in [0.05, 0.1) is 12.8 Å². The Morgan fingerprint density at radius 2 is 2.04 bits per heavy atom. The molecule has 0 saturated heterocycles. The quantitative estimate of drug-likeness (QED) is 0.661. The van der Waals surface area contributed by atoms with Gasteiger partial charge in [0.1, 0.15) is 5.76 Å². The van der Waals surface area contributed by atoms with Crippen LogP contribution in [0.1, 0.15) is 42.3 Å². The maximum absolute atomic E-state index is 12.2.